The van der Waals surface area contributed by atoms with Crippen molar-refractivity contribution in [1.82, 2.24) is 15.1 Å². The smallest absolute Gasteiger partial charge is 0.224 e. The Balaban J connectivity index is 1.51. The van der Waals surface area contributed by atoms with Crippen molar-refractivity contribution in [1.29, 1.82) is 0 Å². The van der Waals surface area contributed by atoms with Crippen LogP contribution in [0.2, 0.25) is 0 Å². The third-order valence-corrected chi connectivity index (χ3v) is 3.83. The lowest BCUT2D eigenvalue weighted by molar-refractivity contribution is -0.122. The molecule has 2 atom stereocenters. The van der Waals surface area contributed by atoms with Crippen LogP contribution in [0.5, 0.6) is 0 Å². The predicted octanol–water partition coefficient (Wildman–Crippen LogP) is 2.32. The number of aromatic nitrogens is 2. The van der Waals surface area contributed by atoms with Gasteiger partial charge in [0, 0.05) is 30.8 Å². The molecule has 20 heavy (non-hydrogen) atoms. The van der Waals surface area contributed by atoms with Crippen molar-refractivity contribution in [3.05, 3.63) is 53.9 Å². The normalized spacial score (nSPS) is 20.6. The van der Waals surface area contributed by atoms with Gasteiger partial charge in [-0.1, -0.05) is 30.3 Å². The van der Waals surface area contributed by atoms with Crippen LogP contribution in [0, 0.1) is 5.92 Å². The van der Waals surface area contributed by atoms with Crippen molar-refractivity contribution >= 4 is 5.91 Å². The number of nitrogens with one attached hydrogen (secondary N) is 1. The minimum Gasteiger partial charge on any atom is -0.352 e. The van der Waals surface area contributed by atoms with E-state index in [1.807, 2.05) is 42.2 Å². The third-order valence-electron chi connectivity index (χ3n) is 3.83. The summed E-state index contributed by atoms with van der Waals surface area (Å²) in [6.07, 6.45) is 4.75. The van der Waals surface area contributed by atoms with Crippen LogP contribution in [0.4, 0.5) is 0 Å². The Morgan fingerprint density at radius 2 is 2.20 bits per heavy atom. The zero-order valence-electron chi connectivity index (χ0n) is 11.6. The van der Waals surface area contributed by atoms with Gasteiger partial charge in [-0.05, 0) is 24.8 Å². The first-order valence-electron chi connectivity index (χ1n) is 7.12. The van der Waals surface area contributed by atoms with Gasteiger partial charge < -0.3 is 5.32 Å². The molecule has 1 heterocycles. The first kappa shape index (κ1) is 12.9. The molecule has 0 unspecified atom stereocenters. The van der Waals surface area contributed by atoms with E-state index in [-0.39, 0.29) is 11.8 Å². The summed E-state index contributed by atoms with van der Waals surface area (Å²) in [5.74, 6) is 0.691. The molecule has 1 aliphatic rings. The summed E-state index contributed by atoms with van der Waals surface area (Å²) in [7, 11) is 0. The average Bonchev–Trinajstić information content (AvgIpc) is 3.17. The standard InChI is InChI=1S/C16H19N3O/c1-2-19-11-12(10-18-19)9-17-16(20)15-8-14(15)13-6-4-3-5-7-13/h3-7,10-11,14-15H,2,8-9H2,1H3,(H,17,20)/t14-,15+/m0/s1. The van der Waals surface area contributed by atoms with Gasteiger partial charge in [-0.3, -0.25) is 9.48 Å². The van der Waals surface area contributed by atoms with Gasteiger partial charge in [-0.25, -0.2) is 0 Å². The van der Waals surface area contributed by atoms with Gasteiger partial charge in [0.2, 0.25) is 5.91 Å². The SMILES string of the molecule is CCn1cc(CNC(=O)[C@@H]2C[C@H]2c2ccccc2)cn1. The number of hydrogen-bond donors (Lipinski definition) is 1. The predicted molar refractivity (Wildman–Crippen MR) is 77.0 cm³/mol. The van der Waals surface area contributed by atoms with E-state index in [4.69, 9.17) is 0 Å². The summed E-state index contributed by atoms with van der Waals surface area (Å²) in [5, 5.41) is 7.21. The third kappa shape index (κ3) is 2.74. The molecule has 1 N–H and O–H groups in total. The lowest BCUT2D eigenvalue weighted by Gasteiger charge is -2.03. The Labute approximate surface area is 118 Å². The van der Waals surface area contributed by atoms with Gasteiger partial charge in [0.15, 0.2) is 0 Å². The molecule has 0 radical (unpaired) electrons. The largest absolute Gasteiger partial charge is 0.352 e. The second kappa shape index (κ2) is 5.49. The highest BCUT2D eigenvalue weighted by Gasteiger charge is 2.43. The number of hydrogen-bond acceptors (Lipinski definition) is 2. The van der Waals surface area contributed by atoms with Crippen LogP contribution in [0.25, 0.3) is 0 Å². The Kier molecular flexibility index (Phi) is 3.54. The molecule has 0 spiro atoms. The number of benzene rings is 1. The van der Waals surface area contributed by atoms with Gasteiger partial charge in [-0.15, -0.1) is 0 Å². The molecule has 1 aromatic heterocycles. The molecule has 4 heteroatoms. The van der Waals surface area contributed by atoms with Crippen molar-refractivity contribution in [2.45, 2.75) is 32.4 Å². The van der Waals surface area contributed by atoms with Gasteiger partial charge in [0.05, 0.1) is 6.20 Å². The number of rotatable bonds is 5. The number of amides is 1. The topological polar surface area (TPSA) is 46.9 Å². The zero-order chi connectivity index (χ0) is 13.9. The second-order valence-corrected chi connectivity index (χ2v) is 5.28. The van der Waals surface area contributed by atoms with Crippen LogP contribution >= 0.6 is 0 Å². The summed E-state index contributed by atoms with van der Waals surface area (Å²) in [4.78, 5) is 12.1. The van der Waals surface area contributed by atoms with Crippen LogP contribution < -0.4 is 5.32 Å². The molecule has 0 saturated heterocycles. The van der Waals surface area contributed by atoms with E-state index < -0.39 is 0 Å². The van der Waals surface area contributed by atoms with Crippen molar-refractivity contribution in [3.8, 4) is 0 Å². The van der Waals surface area contributed by atoms with Gasteiger partial charge in [0.1, 0.15) is 0 Å². The highest BCUT2D eigenvalue weighted by molar-refractivity contribution is 5.82. The van der Waals surface area contributed by atoms with Crippen LogP contribution in [0.3, 0.4) is 0 Å². The van der Waals surface area contributed by atoms with Crippen LogP contribution in [0.15, 0.2) is 42.7 Å². The lowest BCUT2D eigenvalue weighted by Crippen LogP contribution is -2.24. The zero-order valence-corrected chi connectivity index (χ0v) is 11.6. The molecule has 1 fully saturated rings. The summed E-state index contributed by atoms with van der Waals surface area (Å²) in [5.41, 5.74) is 2.32. The van der Waals surface area contributed by atoms with E-state index in [9.17, 15) is 4.79 Å². The van der Waals surface area contributed by atoms with Crippen LogP contribution in [-0.2, 0) is 17.9 Å². The van der Waals surface area contributed by atoms with E-state index in [0.717, 1.165) is 18.5 Å². The van der Waals surface area contributed by atoms with E-state index in [1.165, 1.54) is 5.56 Å². The van der Waals surface area contributed by atoms with E-state index in [0.29, 0.717) is 12.5 Å². The lowest BCUT2D eigenvalue weighted by atomic mass is 10.1. The fraction of sp³-hybridized carbons (Fsp3) is 0.375. The Morgan fingerprint density at radius 3 is 2.90 bits per heavy atom. The second-order valence-electron chi connectivity index (χ2n) is 5.28. The minimum absolute atomic E-state index is 0.138. The monoisotopic (exact) mass is 269 g/mol. The molecule has 4 nitrogen and oxygen atoms in total. The molecule has 0 aliphatic heterocycles. The van der Waals surface area contributed by atoms with E-state index in [2.05, 4.69) is 22.5 Å². The first-order chi connectivity index (χ1) is 9.78. The molecule has 3 rings (SSSR count). The number of carbonyl (C=O) groups is 1. The average molecular weight is 269 g/mol. The molecule has 0 bridgehead atoms. The Bertz CT molecular complexity index is 591. The molecule has 104 valence electrons. The molecular formula is C16H19N3O. The quantitative estimate of drug-likeness (QED) is 0.905. The van der Waals surface area contributed by atoms with Crippen LogP contribution in [-0.4, -0.2) is 15.7 Å². The number of carbonyl (C=O) groups excluding carboxylic acids is 1. The highest BCUT2D eigenvalue weighted by Crippen LogP contribution is 2.47. The summed E-state index contributed by atoms with van der Waals surface area (Å²) < 4.78 is 1.87. The fourth-order valence-electron chi connectivity index (χ4n) is 2.54. The van der Waals surface area contributed by atoms with Gasteiger partial charge in [-0.2, -0.15) is 5.10 Å². The van der Waals surface area contributed by atoms with Crippen LogP contribution in [0.1, 0.15) is 30.4 Å². The number of aryl methyl sites for hydroxylation is 1. The minimum atomic E-state index is 0.138. The summed E-state index contributed by atoms with van der Waals surface area (Å²) >= 11 is 0. The highest BCUT2D eigenvalue weighted by atomic mass is 16.2. The van der Waals surface area contributed by atoms with Crippen molar-refractivity contribution < 1.29 is 4.79 Å². The summed E-state index contributed by atoms with van der Waals surface area (Å²) in [6.45, 7) is 3.47. The van der Waals surface area contributed by atoms with E-state index in [1.54, 1.807) is 0 Å². The van der Waals surface area contributed by atoms with Gasteiger partial charge >= 0.3 is 0 Å². The molecular weight excluding hydrogens is 250 g/mol. The maximum absolute atomic E-state index is 12.1. The molecule has 2 aromatic rings. The number of nitrogens with zero attached hydrogens (tertiary/aromatic N) is 2. The Morgan fingerprint density at radius 1 is 1.40 bits per heavy atom. The van der Waals surface area contributed by atoms with E-state index >= 15 is 0 Å². The Hall–Kier alpha value is -2.10. The first-order valence-corrected chi connectivity index (χ1v) is 7.12. The molecule has 1 saturated carbocycles. The van der Waals surface area contributed by atoms with Gasteiger partial charge in [0.25, 0.3) is 0 Å². The molecule has 1 amide bonds. The fourth-order valence-corrected chi connectivity index (χ4v) is 2.54. The maximum atomic E-state index is 12.1. The molecule has 1 aliphatic carbocycles. The maximum Gasteiger partial charge on any atom is 0.224 e. The van der Waals surface area contributed by atoms with Crippen molar-refractivity contribution in [2.24, 2.45) is 5.92 Å². The van der Waals surface area contributed by atoms with Crippen molar-refractivity contribution in [2.75, 3.05) is 0 Å². The molecule has 1 aromatic carbocycles. The summed E-state index contributed by atoms with van der Waals surface area (Å²) in [6, 6.07) is 10.3. The van der Waals surface area contributed by atoms with Crippen molar-refractivity contribution in [3.63, 3.8) is 0 Å².